The molecule has 0 saturated carbocycles. The van der Waals surface area contributed by atoms with E-state index < -0.39 is 0 Å². The van der Waals surface area contributed by atoms with Gasteiger partial charge in [-0.15, -0.1) is 11.3 Å². The third-order valence-corrected chi connectivity index (χ3v) is 4.84. The molecule has 1 saturated heterocycles. The Labute approximate surface area is 127 Å². The van der Waals surface area contributed by atoms with Gasteiger partial charge in [-0.3, -0.25) is 0 Å². The highest BCUT2D eigenvalue weighted by Crippen LogP contribution is 2.24. The molecule has 0 spiro atoms. The molecule has 0 radical (unpaired) electrons. The molecule has 1 aromatic rings. The van der Waals surface area contributed by atoms with Crippen molar-refractivity contribution in [2.45, 2.75) is 65.0 Å². The van der Waals surface area contributed by atoms with Gasteiger partial charge in [-0.05, 0) is 38.9 Å². The molecule has 114 valence electrons. The number of hydrogen-bond acceptors (Lipinski definition) is 4. The molecular weight excluding hydrogens is 266 g/mol. The molecule has 1 N–H and O–H groups in total. The second-order valence-corrected chi connectivity index (χ2v) is 7.82. The Hall–Kier alpha value is -0.450. The molecule has 1 aromatic heterocycles. The monoisotopic (exact) mass is 295 g/mol. The van der Waals surface area contributed by atoms with Crippen molar-refractivity contribution < 1.29 is 0 Å². The summed E-state index contributed by atoms with van der Waals surface area (Å²) < 4.78 is 0. The summed E-state index contributed by atoms with van der Waals surface area (Å²) in [5, 5.41) is 7.12. The van der Waals surface area contributed by atoms with Crippen LogP contribution in [0.2, 0.25) is 0 Å². The van der Waals surface area contributed by atoms with Crippen LogP contribution in [0.1, 0.15) is 57.7 Å². The number of nitrogens with zero attached hydrogens (tertiary/aromatic N) is 2. The lowest BCUT2D eigenvalue weighted by molar-refractivity contribution is 0.197. The van der Waals surface area contributed by atoms with E-state index >= 15 is 0 Å². The Morgan fingerprint density at radius 1 is 1.35 bits per heavy atom. The first-order valence-electron chi connectivity index (χ1n) is 7.89. The number of aromatic nitrogens is 1. The highest BCUT2D eigenvalue weighted by molar-refractivity contribution is 7.09. The summed E-state index contributed by atoms with van der Waals surface area (Å²) in [7, 11) is 0. The summed E-state index contributed by atoms with van der Waals surface area (Å²) >= 11 is 1.79. The molecule has 0 atom stereocenters. The lowest BCUT2D eigenvalue weighted by Crippen LogP contribution is -2.42. The number of thiazole rings is 1. The Balaban J connectivity index is 1.75. The van der Waals surface area contributed by atoms with E-state index in [0.717, 1.165) is 6.54 Å². The maximum absolute atomic E-state index is 4.76. The third-order valence-electron chi connectivity index (χ3n) is 3.99. The van der Waals surface area contributed by atoms with Crippen molar-refractivity contribution in [3.05, 3.63) is 16.1 Å². The van der Waals surface area contributed by atoms with Crippen LogP contribution in [0.15, 0.2) is 5.38 Å². The minimum absolute atomic E-state index is 0.167. The van der Waals surface area contributed by atoms with Crippen LogP contribution in [0.5, 0.6) is 0 Å². The minimum atomic E-state index is 0.167. The van der Waals surface area contributed by atoms with Gasteiger partial charge >= 0.3 is 0 Å². The smallest absolute Gasteiger partial charge is 0.107 e. The molecule has 4 heteroatoms. The molecule has 0 amide bonds. The van der Waals surface area contributed by atoms with E-state index in [1.807, 2.05) is 0 Å². The van der Waals surface area contributed by atoms with Crippen LogP contribution in [0.25, 0.3) is 0 Å². The first-order valence-corrected chi connectivity index (χ1v) is 8.77. The van der Waals surface area contributed by atoms with Crippen molar-refractivity contribution in [3.8, 4) is 0 Å². The standard InChI is InChI=1S/C16H29N3S/c1-5-8-19-9-6-13(7-10-19)17-11-15-18-14(12-20-15)16(2,3)4/h12-13,17H,5-11H2,1-4H3. The van der Waals surface area contributed by atoms with Gasteiger partial charge < -0.3 is 10.2 Å². The molecule has 1 fully saturated rings. The van der Waals surface area contributed by atoms with Gasteiger partial charge in [-0.2, -0.15) is 0 Å². The zero-order valence-corrected chi connectivity index (χ0v) is 14.2. The largest absolute Gasteiger partial charge is 0.308 e. The summed E-state index contributed by atoms with van der Waals surface area (Å²) in [6.07, 6.45) is 3.82. The van der Waals surface area contributed by atoms with Crippen LogP contribution >= 0.6 is 11.3 Å². The molecule has 1 aliphatic rings. The Morgan fingerprint density at radius 2 is 2.05 bits per heavy atom. The van der Waals surface area contributed by atoms with Gasteiger partial charge in [0.25, 0.3) is 0 Å². The molecular formula is C16H29N3S. The lowest BCUT2D eigenvalue weighted by atomic mass is 9.93. The normalized spacial score (nSPS) is 18.6. The van der Waals surface area contributed by atoms with E-state index in [2.05, 4.69) is 43.3 Å². The summed E-state index contributed by atoms with van der Waals surface area (Å²) in [6.45, 7) is 13.6. The van der Waals surface area contributed by atoms with E-state index in [4.69, 9.17) is 4.98 Å². The predicted octanol–water partition coefficient (Wildman–Crippen LogP) is 3.40. The van der Waals surface area contributed by atoms with Gasteiger partial charge in [0.05, 0.1) is 5.69 Å². The van der Waals surface area contributed by atoms with Gasteiger partial charge in [-0.25, -0.2) is 4.98 Å². The molecule has 1 aliphatic heterocycles. The molecule has 0 aliphatic carbocycles. The topological polar surface area (TPSA) is 28.2 Å². The summed E-state index contributed by atoms with van der Waals surface area (Å²) in [4.78, 5) is 7.34. The van der Waals surface area contributed by atoms with Gasteiger partial charge in [0.15, 0.2) is 0 Å². The van der Waals surface area contributed by atoms with Crippen LogP contribution < -0.4 is 5.32 Å². The Kier molecular flexibility index (Phi) is 5.58. The first-order chi connectivity index (χ1) is 9.49. The molecule has 20 heavy (non-hydrogen) atoms. The maximum Gasteiger partial charge on any atom is 0.107 e. The first kappa shape index (κ1) is 15.9. The van der Waals surface area contributed by atoms with Crippen LogP contribution in [-0.2, 0) is 12.0 Å². The highest BCUT2D eigenvalue weighted by Gasteiger charge is 2.20. The minimum Gasteiger partial charge on any atom is -0.308 e. The fraction of sp³-hybridized carbons (Fsp3) is 0.812. The van der Waals surface area contributed by atoms with E-state index in [-0.39, 0.29) is 5.41 Å². The van der Waals surface area contributed by atoms with Gasteiger partial charge in [0.2, 0.25) is 0 Å². The number of piperidine rings is 1. The molecule has 0 bridgehead atoms. The van der Waals surface area contributed by atoms with E-state index in [9.17, 15) is 0 Å². The van der Waals surface area contributed by atoms with E-state index in [1.165, 1.54) is 49.6 Å². The molecule has 0 unspecified atom stereocenters. The van der Waals surface area contributed by atoms with Crippen molar-refractivity contribution in [2.24, 2.45) is 0 Å². The third kappa shape index (κ3) is 4.54. The van der Waals surface area contributed by atoms with E-state index in [1.54, 1.807) is 11.3 Å². The fourth-order valence-electron chi connectivity index (χ4n) is 2.65. The van der Waals surface area contributed by atoms with Gasteiger partial charge in [0.1, 0.15) is 5.01 Å². The van der Waals surface area contributed by atoms with Gasteiger partial charge in [-0.1, -0.05) is 27.7 Å². The fourth-order valence-corrected chi connectivity index (χ4v) is 3.62. The quantitative estimate of drug-likeness (QED) is 0.902. The van der Waals surface area contributed by atoms with Crippen LogP contribution in [0.4, 0.5) is 0 Å². The van der Waals surface area contributed by atoms with Crippen molar-refractivity contribution in [1.82, 2.24) is 15.2 Å². The lowest BCUT2D eigenvalue weighted by Gasteiger charge is -2.32. The van der Waals surface area contributed by atoms with Crippen LogP contribution in [0, 0.1) is 0 Å². The number of likely N-dealkylation sites (tertiary alicyclic amines) is 1. The average Bonchev–Trinajstić information content (AvgIpc) is 2.87. The summed E-state index contributed by atoms with van der Waals surface area (Å²) in [5.74, 6) is 0. The summed E-state index contributed by atoms with van der Waals surface area (Å²) in [6, 6.07) is 0.671. The second kappa shape index (κ2) is 7.01. The SMILES string of the molecule is CCCN1CCC(NCc2nc(C(C)(C)C)cs2)CC1. The average molecular weight is 295 g/mol. The second-order valence-electron chi connectivity index (χ2n) is 6.87. The zero-order valence-electron chi connectivity index (χ0n) is 13.4. The van der Waals surface area contributed by atoms with Crippen LogP contribution in [-0.4, -0.2) is 35.6 Å². The number of hydrogen-bond donors (Lipinski definition) is 1. The van der Waals surface area contributed by atoms with Crippen molar-refractivity contribution >= 4 is 11.3 Å². The van der Waals surface area contributed by atoms with Crippen molar-refractivity contribution in [2.75, 3.05) is 19.6 Å². The predicted molar refractivity (Wildman–Crippen MR) is 87.4 cm³/mol. The zero-order chi connectivity index (χ0) is 14.6. The highest BCUT2D eigenvalue weighted by atomic mass is 32.1. The Bertz CT molecular complexity index is 400. The molecule has 2 heterocycles. The molecule has 3 nitrogen and oxygen atoms in total. The Morgan fingerprint density at radius 3 is 2.60 bits per heavy atom. The van der Waals surface area contributed by atoms with Crippen molar-refractivity contribution in [1.29, 1.82) is 0 Å². The van der Waals surface area contributed by atoms with Crippen LogP contribution in [0.3, 0.4) is 0 Å². The molecule has 0 aromatic carbocycles. The van der Waals surface area contributed by atoms with E-state index in [0.29, 0.717) is 6.04 Å². The summed E-state index contributed by atoms with van der Waals surface area (Å²) in [5.41, 5.74) is 1.39. The maximum atomic E-state index is 4.76. The van der Waals surface area contributed by atoms with Crippen molar-refractivity contribution in [3.63, 3.8) is 0 Å². The number of rotatable bonds is 5. The number of nitrogens with one attached hydrogen (secondary N) is 1. The molecule has 2 rings (SSSR count). The van der Waals surface area contributed by atoms with Gasteiger partial charge in [0, 0.05) is 23.4 Å².